The number of carbonyl (C=O) groups is 1. The van der Waals surface area contributed by atoms with Crippen molar-refractivity contribution in [2.75, 3.05) is 32.8 Å². The lowest BCUT2D eigenvalue weighted by molar-refractivity contribution is -0.135. The number of hydrogen-bond donors (Lipinski definition) is 1. The summed E-state index contributed by atoms with van der Waals surface area (Å²) in [7, 11) is 0. The number of nitrogens with one attached hydrogen (secondary N) is 1. The van der Waals surface area contributed by atoms with Crippen LogP contribution in [0.1, 0.15) is 46.0 Å². The molecule has 0 aromatic rings. The Morgan fingerprint density at radius 3 is 2.70 bits per heavy atom. The molecule has 1 N–H and O–H groups in total. The quantitative estimate of drug-likeness (QED) is 0.777. The molecule has 20 heavy (non-hydrogen) atoms. The van der Waals surface area contributed by atoms with E-state index >= 15 is 0 Å². The molecule has 0 aromatic carbocycles. The smallest absolute Gasteiger partial charge is 0.222 e. The molecule has 1 atom stereocenters. The van der Waals surface area contributed by atoms with E-state index in [1.54, 1.807) is 0 Å². The summed E-state index contributed by atoms with van der Waals surface area (Å²) >= 11 is 0. The third kappa shape index (κ3) is 4.45. The van der Waals surface area contributed by atoms with Crippen LogP contribution in [0.15, 0.2) is 0 Å². The molecule has 1 unspecified atom stereocenters. The van der Waals surface area contributed by atoms with Crippen molar-refractivity contribution in [1.29, 1.82) is 0 Å². The lowest BCUT2D eigenvalue weighted by Gasteiger charge is -2.36. The summed E-state index contributed by atoms with van der Waals surface area (Å²) in [5, 5.41) is 3.43. The Balaban J connectivity index is 1.69. The molecule has 1 heterocycles. The molecule has 4 nitrogen and oxygen atoms in total. The molecule has 2 aliphatic rings. The molecule has 116 valence electrons. The molecule has 1 amide bonds. The summed E-state index contributed by atoms with van der Waals surface area (Å²) < 4.78 is 5.56. The zero-order valence-electron chi connectivity index (χ0n) is 13.1. The average molecular weight is 282 g/mol. The Morgan fingerprint density at radius 1 is 1.30 bits per heavy atom. The van der Waals surface area contributed by atoms with E-state index in [-0.39, 0.29) is 0 Å². The fourth-order valence-corrected chi connectivity index (χ4v) is 3.39. The number of carbonyl (C=O) groups excluding carboxylic acids is 1. The third-order valence-electron chi connectivity index (χ3n) is 4.67. The zero-order chi connectivity index (χ0) is 14.4. The highest BCUT2D eigenvalue weighted by molar-refractivity contribution is 5.76. The molecule has 2 fully saturated rings. The number of piperidine rings is 1. The largest absolute Gasteiger partial charge is 0.378 e. The number of hydrogen-bond acceptors (Lipinski definition) is 3. The van der Waals surface area contributed by atoms with Crippen LogP contribution in [0.3, 0.4) is 0 Å². The molecule has 0 spiro atoms. The van der Waals surface area contributed by atoms with Crippen LogP contribution in [0.5, 0.6) is 0 Å². The maximum atomic E-state index is 12.4. The van der Waals surface area contributed by atoms with Crippen LogP contribution in [0.2, 0.25) is 0 Å². The van der Waals surface area contributed by atoms with Gasteiger partial charge in [0.05, 0.1) is 6.10 Å². The Bertz CT molecular complexity index is 297. The van der Waals surface area contributed by atoms with Crippen molar-refractivity contribution < 1.29 is 9.53 Å². The highest BCUT2D eigenvalue weighted by atomic mass is 16.5. The summed E-state index contributed by atoms with van der Waals surface area (Å²) in [4.78, 5) is 14.4. The van der Waals surface area contributed by atoms with Crippen molar-refractivity contribution in [3.05, 3.63) is 0 Å². The van der Waals surface area contributed by atoms with Crippen LogP contribution in [0.25, 0.3) is 0 Å². The first-order chi connectivity index (χ1) is 9.72. The van der Waals surface area contributed by atoms with Gasteiger partial charge in [-0.2, -0.15) is 0 Å². The lowest BCUT2D eigenvalue weighted by atomic mass is 9.79. The molecule has 1 aliphatic carbocycles. The average Bonchev–Trinajstić information content (AvgIpc) is 2.43. The van der Waals surface area contributed by atoms with E-state index in [9.17, 15) is 4.79 Å². The molecular weight excluding hydrogens is 252 g/mol. The van der Waals surface area contributed by atoms with Gasteiger partial charge in [0.25, 0.3) is 0 Å². The molecule has 1 saturated carbocycles. The predicted octanol–water partition coefficient (Wildman–Crippen LogP) is 2.04. The van der Waals surface area contributed by atoms with Crippen molar-refractivity contribution in [3.8, 4) is 0 Å². The van der Waals surface area contributed by atoms with Gasteiger partial charge in [0, 0.05) is 26.1 Å². The lowest BCUT2D eigenvalue weighted by Crippen LogP contribution is -2.42. The van der Waals surface area contributed by atoms with Crippen LogP contribution in [0.4, 0.5) is 0 Å². The maximum absolute atomic E-state index is 12.4. The van der Waals surface area contributed by atoms with E-state index in [1.165, 1.54) is 12.8 Å². The van der Waals surface area contributed by atoms with Crippen molar-refractivity contribution in [2.45, 2.75) is 52.1 Å². The first-order valence-electron chi connectivity index (χ1n) is 8.33. The van der Waals surface area contributed by atoms with Gasteiger partial charge in [-0.25, -0.2) is 0 Å². The van der Waals surface area contributed by atoms with E-state index in [2.05, 4.69) is 17.1 Å². The molecule has 0 bridgehead atoms. The number of rotatable bonds is 7. The van der Waals surface area contributed by atoms with Crippen LogP contribution < -0.4 is 5.32 Å². The summed E-state index contributed by atoms with van der Waals surface area (Å²) in [5.41, 5.74) is 0. The van der Waals surface area contributed by atoms with Gasteiger partial charge in [-0.1, -0.05) is 0 Å². The second-order valence-electron chi connectivity index (χ2n) is 6.26. The monoisotopic (exact) mass is 282 g/mol. The minimum atomic E-state index is 0.345. The van der Waals surface area contributed by atoms with Crippen LogP contribution >= 0.6 is 0 Å². The topological polar surface area (TPSA) is 41.6 Å². The SMILES string of the molecule is CCOC1CC(CC(=O)N(CC)CC2CCCNC2)C1. The van der Waals surface area contributed by atoms with Crippen molar-refractivity contribution >= 4 is 5.91 Å². The number of amides is 1. The van der Waals surface area contributed by atoms with Gasteiger partial charge in [-0.3, -0.25) is 4.79 Å². The fourth-order valence-electron chi connectivity index (χ4n) is 3.39. The maximum Gasteiger partial charge on any atom is 0.222 e. The first kappa shape index (κ1) is 15.8. The Hall–Kier alpha value is -0.610. The molecular formula is C16H30N2O2. The molecule has 0 radical (unpaired) electrons. The van der Waals surface area contributed by atoms with Gasteiger partial charge in [0.15, 0.2) is 0 Å². The summed E-state index contributed by atoms with van der Waals surface area (Å²) in [6, 6.07) is 0. The minimum absolute atomic E-state index is 0.345. The van der Waals surface area contributed by atoms with E-state index < -0.39 is 0 Å². The van der Waals surface area contributed by atoms with Crippen LogP contribution in [-0.2, 0) is 9.53 Å². The fraction of sp³-hybridized carbons (Fsp3) is 0.938. The standard InChI is InChI=1S/C16H30N2O2/c1-3-18(12-13-6-5-7-17-11-13)16(19)10-14-8-15(9-14)20-4-2/h13-15,17H,3-12H2,1-2H3. The number of ether oxygens (including phenoxy) is 1. The van der Waals surface area contributed by atoms with Crippen molar-refractivity contribution in [3.63, 3.8) is 0 Å². The molecule has 4 heteroatoms. The molecule has 2 rings (SSSR count). The van der Waals surface area contributed by atoms with Gasteiger partial charge in [-0.15, -0.1) is 0 Å². The van der Waals surface area contributed by atoms with Crippen LogP contribution in [0, 0.1) is 11.8 Å². The zero-order valence-corrected chi connectivity index (χ0v) is 13.1. The third-order valence-corrected chi connectivity index (χ3v) is 4.67. The van der Waals surface area contributed by atoms with E-state index in [0.29, 0.717) is 23.8 Å². The summed E-state index contributed by atoms with van der Waals surface area (Å²) in [6.45, 7) is 8.91. The molecule has 0 aromatic heterocycles. The molecule has 1 saturated heterocycles. The highest BCUT2D eigenvalue weighted by Gasteiger charge is 2.32. The van der Waals surface area contributed by atoms with Gasteiger partial charge < -0.3 is 15.0 Å². The minimum Gasteiger partial charge on any atom is -0.378 e. The Kier molecular flexibility index (Phi) is 6.30. The number of nitrogens with zero attached hydrogens (tertiary/aromatic N) is 1. The van der Waals surface area contributed by atoms with Gasteiger partial charge in [0.2, 0.25) is 5.91 Å². The molecule has 1 aliphatic heterocycles. The van der Waals surface area contributed by atoms with Gasteiger partial charge in [-0.05, 0) is 64.5 Å². The van der Waals surface area contributed by atoms with Crippen molar-refractivity contribution in [1.82, 2.24) is 10.2 Å². The summed E-state index contributed by atoms with van der Waals surface area (Å²) in [6.07, 6.45) is 5.78. The van der Waals surface area contributed by atoms with Crippen LogP contribution in [-0.4, -0.2) is 49.7 Å². The van der Waals surface area contributed by atoms with Crippen molar-refractivity contribution in [2.24, 2.45) is 11.8 Å². The summed E-state index contributed by atoms with van der Waals surface area (Å²) in [5.74, 6) is 1.54. The van der Waals surface area contributed by atoms with E-state index in [1.807, 2.05) is 6.92 Å². The Labute approximate surface area is 123 Å². The highest BCUT2D eigenvalue weighted by Crippen LogP contribution is 2.33. The normalized spacial score (nSPS) is 29.8. The second-order valence-corrected chi connectivity index (χ2v) is 6.26. The predicted molar refractivity (Wildman–Crippen MR) is 80.6 cm³/mol. The van der Waals surface area contributed by atoms with Gasteiger partial charge in [0.1, 0.15) is 0 Å². The second kappa shape index (κ2) is 7.99. The van der Waals surface area contributed by atoms with E-state index in [0.717, 1.165) is 52.0 Å². The van der Waals surface area contributed by atoms with E-state index in [4.69, 9.17) is 4.74 Å². The Morgan fingerprint density at radius 2 is 2.10 bits per heavy atom. The first-order valence-corrected chi connectivity index (χ1v) is 8.33. The van der Waals surface area contributed by atoms with Gasteiger partial charge >= 0.3 is 0 Å².